The van der Waals surface area contributed by atoms with Crippen LogP contribution < -0.4 is 0 Å². The quantitative estimate of drug-likeness (QED) is 0.848. The highest BCUT2D eigenvalue weighted by Crippen LogP contribution is 2.32. The van der Waals surface area contributed by atoms with Crippen LogP contribution in [0.3, 0.4) is 0 Å². The van der Waals surface area contributed by atoms with Gasteiger partial charge in [0.25, 0.3) is 0 Å². The second-order valence-electron chi connectivity index (χ2n) is 6.06. The van der Waals surface area contributed by atoms with Crippen molar-refractivity contribution in [1.82, 2.24) is 10.1 Å². The SMILES string of the molecule is CC(C)(c1ccc(F)cc1)c1noc(CC(=O)C2CC2)n1. The molecule has 1 aliphatic carbocycles. The van der Waals surface area contributed by atoms with Gasteiger partial charge in [0, 0.05) is 5.92 Å². The number of hydrogen-bond donors (Lipinski definition) is 0. The molecule has 0 aliphatic heterocycles. The third-order valence-corrected chi connectivity index (χ3v) is 3.95. The van der Waals surface area contributed by atoms with E-state index in [0.717, 1.165) is 18.4 Å². The molecule has 0 N–H and O–H groups in total. The molecule has 0 radical (unpaired) electrons. The van der Waals surface area contributed by atoms with Crippen LogP contribution in [0.1, 0.15) is 44.0 Å². The molecule has 1 aliphatic rings. The van der Waals surface area contributed by atoms with E-state index in [9.17, 15) is 9.18 Å². The molecule has 0 unspecified atom stereocenters. The van der Waals surface area contributed by atoms with Crippen molar-refractivity contribution in [2.75, 3.05) is 0 Å². The van der Waals surface area contributed by atoms with Crippen LogP contribution in [-0.4, -0.2) is 15.9 Å². The summed E-state index contributed by atoms with van der Waals surface area (Å²) in [6, 6.07) is 6.24. The van der Waals surface area contributed by atoms with E-state index in [4.69, 9.17) is 4.52 Å². The van der Waals surface area contributed by atoms with E-state index in [1.165, 1.54) is 12.1 Å². The topological polar surface area (TPSA) is 56.0 Å². The number of Topliss-reactive ketones (excluding diaryl/α,β-unsaturated/α-hetero) is 1. The zero-order chi connectivity index (χ0) is 15.0. The second-order valence-corrected chi connectivity index (χ2v) is 6.06. The lowest BCUT2D eigenvalue weighted by molar-refractivity contribution is -0.119. The summed E-state index contributed by atoms with van der Waals surface area (Å²) in [6.45, 7) is 3.88. The molecule has 0 bridgehead atoms. The van der Waals surface area contributed by atoms with Gasteiger partial charge >= 0.3 is 0 Å². The molecule has 0 atom stereocenters. The van der Waals surface area contributed by atoms with Crippen molar-refractivity contribution in [1.29, 1.82) is 0 Å². The Morgan fingerprint density at radius 1 is 1.33 bits per heavy atom. The molecule has 1 aromatic heterocycles. The van der Waals surface area contributed by atoms with Crippen LogP contribution in [0, 0.1) is 11.7 Å². The summed E-state index contributed by atoms with van der Waals surface area (Å²) < 4.78 is 18.2. The maximum atomic E-state index is 13.0. The first-order valence-corrected chi connectivity index (χ1v) is 7.08. The van der Waals surface area contributed by atoms with E-state index in [1.807, 2.05) is 13.8 Å². The lowest BCUT2D eigenvalue weighted by Crippen LogP contribution is -2.21. The molecule has 1 aromatic carbocycles. The van der Waals surface area contributed by atoms with E-state index in [0.29, 0.717) is 11.7 Å². The van der Waals surface area contributed by atoms with Gasteiger partial charge in [-0.3, -0.25) is 4.79 Å². The van der Waals surface area contributed by atoms with E-state index < -0.39 is 5.41 Å². The molecular formula is C16H17FN2O2. The lowest BCUT2D eigenvalue weighted by Gasteiger charge is -2.20. The van der Waals surface area contributed by atoms with E-state index in [2.05, 4.69) is 10.1 Å². The molecule has 2 aromatic rings. The van der Waals surface area contributed by atoms with Gasteiger partial charge < -0.3 is 4.52 Å². The highest BCUT2D eigenvalue weighted by molar-refractivity contribution is 5.84. The molecule has 110 valence electrons. The molecule has 4 nitrogen and oxygen atoms in total. The van der Waals surface area contributed by atoms with Gasteiger partial charge in [0.15, 0.2) is 5.82 Å². The second kappa shape index (κ2) is 5.06. The third-order valence-electron chi connectivity index (χ3n) is 3.95. The average molecular weight is 288 g/mol. The van der Waals surface area contributed by atoms with Crippen molar-refractivity contribution in [2.45, 2.75) is 38.5 Å². The maximum absolute atomic E-state index is 13.0. The fourth-order valence-electron chi connectivity index (χ4n) is 2.27. The molecule has 1 saturated carbocycles. The zero-order valence-electron chi connectivity index (χ0n) is 12.1. The van der Waals surface area contributed by atoms with Gasteiger partial charge in [-0.15, -0.1) is 0 Å². The van der Waals surface area contributed by atoms with Crippen molar-refractivity contribution in [3.63, 3.8) is 0 Å². The van der Waals surface area contributed by atoms with Gasteiger partial charge in [-0.1, -0.05) is 17.3 Å². The van der Waals surface area contributed by atoms with Gasteiger partial charge in [-0.05, 0) is 44.4 Å². The van der Waals surface area contributed by atoms with Crippen molar-refractivity contribution < 1.29 is 13.7 Å². The van der Waals surface area contributed by atoms with Gasteiger partial charge in [-0.2, -0.15) is 4.98 Å². The number of ketones is 1. The van der Waals surface area contributed by atoms with Gasteiger partial charge in [0.2, 0.25) is 5.89 Å². The van der Waals surface area contributed by atoms with E-state index in [1.54, 1.807) is 12.1 Å². The van der Waals surface area contributed by atoms with Crippen molar-refractivity contribution in [3.8, 4) is 0 Å². The number of halogens is 1. The summed E-state index contributed by atoms with van der Waals surface area (Å²) in [7, 11) is 0. The summed E-state index contributed by atoms with van der Waals surface area (Å²) in [5.41, 5.74) is 0.391. The Morgan fingerprint density at radius 2 is 2.00 bits per heavy atom. The molecule has 0 amide bonds. The van der Waals surface area contributed by atoms with Crippen molar-refractivity contribution in [3.05, 3.63) is 47.4 Å². The Labute approximate surface area is 122 Å². The maximum Gasteiger partial charge on any atom is 0.234 e. The van der Waals surface area contributed by atoms with Crippen LogP contribution >= 0.6 is 0 Å². The van der Waals surface area contributed by atoms with Crippen LogP contribution in [0.25, 0.3) is 0 Å². The van der Waals surface area contributed by atoms with E-state index >= 15 is 0 Å². The van der Waals surface area contributed by atoms with Crippen LogP contribution in [0.5, 0.6) is 0 Å². The first-order valence-electron chi connectivity index (χ1n) is 7.08. The molecule has 1 heterocycles. The molecule has 0 saturated heterocycles. The Balaban J connectivity index is 1.80. The Hall–Kier alpha value is -2.04. The standard InChI is InChI=1S/C16H17FN2O2/c1-16(2,11-5-7-12(17)8-6-11)15-18-14(21-19-15)9-13(20)10-3-4-10/h5-8,10H,3-4,9H2,1-2H3. The number of carbonyl (C=O) groups excluding carboxylic acids is 1. The highest BCUT2D eigenvalue weighted by Gasteiger charge is 2.32. The fraction of sp³-hybridized carbons (Fsp3) is 0.438. The summed E-state index contributed by atoms with van der Waals surface area (Å²) in [5, 5.41) is 3.99. The number of carbonyl (C=O) groups is 1. The first-order chi connectivity index (χ1) is 9.96. The van der Waals surface area contributed by atoms with Crippen LogP contribution in [0.15, 0.2) is 28.8 Å². The summed E-state index contributed by atoms with van der Waals surface area (Å²) in [4.78, 5) is 16.1. The minimum Gasteiger partial charge on any atom is -0.339 e. The largest absolute Gasteiger partial charge is 0.339 e. The number of aromatic nitrogens is 2. The number of benzene rings is 1. The minimum absolute atomic E-state index is 0.171. The predicted octanol–water partition coefficient (Wildman–Crippen LogP) is 3.06. The van der Waals surface area contributed by atoms with Gasteiger partial charge in [-0.25, -0.2) is 4.39 Å². The smallest absolute Gasteiger partial charge is 0.234 e. The molecule has 1 fully saturated rings. The van der Waals surface area contributed by atoms with Crippen LogP contribution in [-0.2, 0) is 16.6 Å². The number of hydrogen-bond acceptors (Lipinski definition) is 4. The molecule has 3 rings (SSSR count). The van der Waals surface area contributed by atoms with Crippen LogP contribution in [0.4, 0.5) is 4.39 Å². The normalized spacial score (nSPS) is 15.2. The average Bonchev–Trinajstić information content (AvgIpc) is 3.19. The molecule has 0 spiro atoms. The molecule has 21 heavy (non-hydrogen) atoms. The predicted molar refractivity (Wildman–Crippen MR) is 74.3 cm³/mol. The van der Waals surface area contributed by atoms with Crippen molar-refractivity contribution in [2.24, 2.45) is 5.92 Å². The monoisotopic (exact) mass is 288 g/mol. The molecule has 5 heteroatoms. The van der Waals surface area contributed by atoms with Gasteiger partial charge in [0.1, 0.15) is 11.6 Å². The van der Waals surface area contributed by atoms with Crippen molar-refractivity contribution >= 4 is 5.78 Å². The summed E-state index contributed by atoms with van der Waals surface area (Å²) in [5.74, 6) is 0.943. The Morgan fingerprint density at radius 3 is 2.62 bits per heavy atom. The zero-order valence-corrected chi connectivity index (χ0v) is 12.1. The highest BCUT2D eigenvalue weighted by atomic mass is 19.1. The first kappa shape index (κ1) is 13.9. The van der Waals surface area contributed by atoms with E-state index in [-0.39, 0.29) is 23.9 Å². The number of nitrogens with zero attached hydrogens (tertiary/aromatic N) is 2. The Bertz CT molecular complexity index is 657. The van der Waals surface area contributed by atoms with Gasteiger partial charge in [0.05, 0.1) is 11.8 Å². The van der Waals surface area contributed by atoms with Crippen LogP contribution in [0.2, 0.25) is 0 Å². The third kappa shape index (κ3) is 2.86. The molecular weight excluding hydrogens is 271 g/mol. The lowest BCUT2D eigenvalue weighted by atomic mass is 9.84. The number of rotatable bonds is 5. The summed E-state index contributed by atoms with van der Waals surface area (Å²) >= 11 is 0. The fourth-order valence-corrected chi connectivity index (χ4v) is 2.27. The Kier molecular flexibility index (Phi) is 3.35. The summed E-state index contributed by atoms with van der Waals surface area (Å²) in [6.07, 6.45) is 2.15. The minimum atomic E-state index is -0.502.